The molecule has 1 aromatic rings. The number of nitrogens with zero attached hydrogens (tertiary/aromatic N) is 1. The molecule has 110 valence electrons. The Morgan fingerprint density at radius 3 is 2.71 bits per heavy atom. The molecular weight excluding hydrogens is 264 g/mol. The second kappa shape index (κ2) is 9.38. The smallest absolute Gasteiger partial charge is 0.262 e. The van der Waals surface area contributed by atoms with Crippen LogP contribution in [0.4, 0.5) is 0 Å². The lowest BCUT2D eigenvalue weighted by Crippen LogP contribution is -2.24. The number of ether oxygens (including phenoxy) is 1. The Balaban J connectivity index is 2.71. The van der Waals surface area contributed by atoms with Crippen LogP contribution in [0.25, 0.3) is 6.08 Å². The van der Waals surface area contributed by atoms with Crippen LogP contribution in [0, 0.1) is 11.3 Å². The van der Waals surface area contributed by atoms with Gasteiger partial charge in [-0.05, 0) is 30.2 Å². The minimum Gasteiger partial charge on any atom is -0.494 e. The van der Waals surface area contributed by atoms with Gasteiger partial charge in [-0.1, -0.05) is 31.6 Å². The van der Waals surface area contributed by atoms with Gasteiger partial charge in [0.15, 0.2) is 0 Å². The Morgan fingerprint density at radius 2 is 2.14 bits per heavy atom. The first-order chi connectivity index (χ1) is 10.2. The zero-order valence-corrected chi connectivity index (χ0v) is 12.3. The van der Waals surface area contributed by atoms with Crippen molar-refractivity contribution in [3.63, 3.8) is 0 Å². The van der Waals surface area contributed by atoms with E-state index in [4.69, 9.17) is 10.00 Å². The van der Waals surface area contributed by atoms with E-state index in [2.05, 4.69) is 18.8 Å². The predicted molar refractivity (Wildman–Crippen MR) is 83.6 cm³/mol. The van der Waals surface area contributed by atoms with Gasteiger partial charge in [-0.15, -0.1) is 6.58 Å². The maximum absolute atomic E-state index is 11.7. The van der Waals surface area contributed by atoms with Crippen molar-refractivity contribution in [2.45, 2.75) is 19.8 Å². The Kier molecular flexibility index (Phi) is 7.37. The summed E-state index contributed by atoms with van der Waals surface area (Å²) < 4.78 is 5.56. The normalized spacial score (nSPS) is 10.6. The van der Waals surface area contributed by atoms with Crippen LogP contribution in [-0.2, 0) is 4.79 Å². The number of nitriles is 1. The number of amides is 1. The Morgan fingerprint density at radius 1 is 1.43 bits per heavy atom. The van der Waals surface area contributed by atoms with E-state index in [9.17, 15) is 4.79 Å². The minimum atomic E-state index is -0.402. The van der Waals surface area contributed by atoms with Crippen molar-refractivity contribution in [3.05, 3.63) is 48.1 Å². The second-order valence-corrected chi connectivity index (χ2v) is 4.44. The lowest BCUT2D eigenvalue weighted by atomic mass is 10.1. The average Bonchev–Trinajstić information content (AvgIpc) is 2.52. The van der Waals surface area contributed by atoms with Crippen LogP contribution < -0.4 is 10.1 Å². The van der Waals surface area contributed by atoms with Gasteiger partial charge in [0.05, 0.1) is 6.61 Å². The molecule has 0 spiro atoms. The molecular formula is C17H20N2O2. The number of benzene rings is 1. The van der Waals surface area contributed by atoms with Crippen LogP contribution >= 0.6 is 0 Å². The SMILES string of the molecule is C=CCNC(=O)/C(C#N)=C\c1ccc(OCCCC)cc1. The highest BCUT2D eigenvalue weighted by molar-refractivity contribution is 6.01. The van der Waals surface area contributed by atoms with Crippen molar-refractivity contribution >= 4 is 12.0 Å². The van der Waals surface area contributed by atoms with Crippen LogP contribution in [0.1, 0.15) is 25.3 Å². The zero-order valence-electron chi connectivity index (χ0n) is 12.3. The Labute approximate surface area is 125 Å². The third-order valence-electron chi connectivity index (χ3n) is 2.73. The Hall–Kier alpha value is -2.54. The number of hydrogen-bond donors (Lipinski definition) is 1. The molecule has 0 radical (unpaired) electrons. The van der Waals surface area contributed by atoms with Crippen molar-refractivity contribution in [2.75, 3.05) is 13.2 Å². The third-order valence-corrected chi connectivity index (χ3v) is 2.73. The largest absolute Gasteiger partial charge is 0.494 e. The number of nitrogens with one attached hydrogen (secondary N) is 1. The van der Waals surface area contributed by atoms with Crippen LogP contribution in [0.5, 0.6) is 5.75 Å². The lowest BCUT2D eigenvalue weighted by molar-refractivity contribution is -0.116. The first-order valence-electron chi connectivity index (χ1n) is 6.95. The standard InChI is InChI=1S/C17H20N2O2/c1-3-5-11-21-16-8-6-14(7-9-16)12-15(13-18)17(20)19-10-4-2/h4,6-9,12H,2-3,5,10-11H2,1H3,(H,19,20)/b15-12-. The molecule has 0 aliphatic rings. The van der Waals surface area contributed by atoms with Gasteiger partial charge >= 0.3 is 0 Å². The molecule has 0 atom stereocenters. The molecule has 4 nitrogen and oxygen atoms in total. The van der Waals surface area contributed by atoms with Crippen molar-refractivity contribution in [1.29, 1.82) is 5.26 Å². The van der Waals surface area contributed by atoms with E-state index in [1.54, 1.807) is 12.2 Å². The topological polar surface area (TPSA) is 62.1 Å². The summed E-state index contributed by atoms with van der Waals surface area (Å²) in [5.41, 5.74) is 0.847. The van der Waals surface area contributed by atoms with Crippen molar-refractivity contribution < 1.29 is 9.53 Å². The molecule has 0 fully saturated rings. The number of carbonyl (C=O) groups is 1. The number of unbranched alkanes of at least 4 members (excludes halogenated alkanes) is 1. The summed E-state index contributed by atoms with van der Waals surface area (Å²) in [5.74, 6) is 0.385. The molecule has 0 bridgehead atoms. The van der Waals surface area contributed by atoms with E-state index >= 15 is 0 Å². The summed E-state index contributed by atoms with van der Waals surface area (Å²) in [6.07, 6.45) is 5.22. The summed E-state index contributed by atoms with van der Waals surface area (Å²) in [6.45, 7) is 6.65. The van der Waals surface area contributed by atoms with Crippen LogP contribution in [0.2, 0.25) is 0 Å². The summed E-state index contributed by atoms with van der Waals surface area (Å²) in [7, 11) is 0. The van der Waals surface area contributed by atoms with E-state index < -0.39 is 5.91 Å². The van der Waals surface area contributed by atoms with Crippen LogP contribution in [0.3, 0.4) is 0 Å². The summed E-state index contributed by atoms with van der Waals surface area (Å²) in [6, 6.07) is 9.20. The first-order valence-corrected chi connectivity index (χ1v) is 6.95. The second-order valence-electron chi connectivity index (χ2n) is 4.44. The molecule has 1 amide bonds. The van der Waals surface area contributed by atoms with Gasteiger partial charge in [-0.2, -0.15) is 5.26 Å². The molecule has 21 heavy (non-hydrogen) atoms. The van der Waals surface area contributed by atoms with Crippen molar-refractivity contribution in [3.8, 4) is 11.8 Å². The third kappa shape index (κ3) is 5.96. The van der Waals surface area contributed by atoms with Crippen LogP contribution in [-0.4, -0.2) is 19.1 Å². The van der Waals surface area contributed by atoms with Crippen molar-refractivity contribution in [1.82, 2.24) is 5.32 Å². The first kappa shape index (κ1) is 16.5. The predicted octanol–water partition coefficient (Wildman–Crippen LogP) is 3.07. The molecule has 0 aromatic heterocycles. The molecule has 0 aliphatic heterocycles. The fourth-order valence-electron chi connectivity index (χ4n) is 1.57. The van der Waals surface area contributed by atoms with Gasteiger partial charge in [0, 0.05) is 6.54 Å². The molecule has 1 rings (SSSR count). The summed E-state index contributed by atoms with van der Waals surface area (Å²) in [4.78, 5) is 11.7. The van der Waals surface area contributed by atoms with Crippen LogP contribution in [0.15, 0.2) is 42.5 Å². The van der Waals surface area contributed by atoms with Gasteiger partial charge in [-0.25, -0.2) is 0 Å². The monoisotopic (exact) mass is 284 g/mol. The van der Waals surface area contributed by atoms with Gasteiger partial charge in [0.25, 0.3) is 5.91 Å². The highest BCUT2D eigenvalue weighted by Gasteiger charge is 2.07. The van der Waals surface area contributed by atoms with E-state index in [1.807, 2.05) is 30.3 Å². The van der Waals surface area contributed by atoms with E-state index in [0.717, 1.165) is 24.2 Å². The maximum Gasteiger partial charge on any atom is 0.262 e. The Bertz CT molecular complexity index is 539. The molecule has 0 saturated heterocycles. The fraction of sp³-hybridized carbons (Fsp3) is 0.294. The molecule has 0 saturated carbocycles. The van der Waals surface area contributed by atoms with Gasteiger partial charge in [-0.3, -0.25) is 4.79 Å². The van der Waals surface area contributed by atoms with E-state index in [0.29, 0.717) is 13.2 Å². The highest BCUT2D eigenvalue weighted by Crippen LogP contribution is 2.15. The number of hydrogen-bond acceptors (Lipinski definition) is 3. The van der Waals surface area contributed by atoms with Gasteiger partial charge < -0.3 is 10.1 Å². The molecule has 0 unspecified atom stereocenters. The highest BCUT2D eigenvalue weighted by atomic mass is 16.5. The summed E-state index contributed by atoms with van der Waals surface area (Å²) in [5, 5.41) is 11.6. The van der Waals surface area contributed by atoms with Gasteiger partial charge in [0.1, 0.15) is 17.4 Å². The maximum atomic E-state index is 11.7. The molecule has 4 heteroatoms. The van der Waals surface area contributed by atoms with E-state index in [1.165, 1.54) is 0 Å². The lowest BCUT2D eigenvalue weighted by Gasteiger charge is -2.05. The molecule has 0 aliphatic carbocycles. The summed E-state index contributed by atoms with van der Waals surface area (Å²) >= 11 is 0. The zero-order chi connectivity index (χ0) is 15.5. The average molecular weight is 284 g/mol. The molecule has 0 heterocycles. The fourth-order valence-corrected chi connectivity index (χ4v) is 1.57. The number of rotatable bonds is 8. The minimum absolute atomic E-state index is 0.0662. The number of carbonyl (C=O) groups excluding carboxylic acids is 1. The molecule has 1 N–H and O–H groups in total. The quantitative estimate of drug-likeness (QED) is 0.345. The van der Waals surface area contributed by atoms with E-state index in [-0.39, 0.29) is 5.57 Å². The van der Waals surface area contributed by atoms with Crippen molar-refractivity contribution in [2.24, 2.45) is 0 Å². The van der Waals surface area contributed by atoms with Gasteiger partial charge in [0.2, 0.25) is 0 Å². The molecule has 1 aromatic carbocycles.